The van der Waals surface area contributed by atoms with Crippen molar-refractivity contribution in [2.24, 2.45) is 0 Å². The molecule has 0 saturated carbocycles. The zero-order chi connectivity index (χ0) is 10.2. The second-order valence-electron chi connectivity index (χ2n) is 4.62. The fraction of sp³-hybridized carbons (Fsp3) is 1.00. The highest BCUT2D eigenvalue weighted by Crippen LogP contribution is 2.06. The molecule has 0 bridgehead atoms. The van der Waals surface area contributed by atoms with E-state index < -0.39 is 0 Å². The predicted octanol–water partition coefficient (Wildman–Crippen LogP) is 2.25. The molecule has 14 heavy (non-hydrogen) atoms. The molecule has 2 heteroatoms. The number of nitrogens with one attached hydrogen (secondary N) is 1. The number of hydrogen-bond donors (Lipinski definition) is 1. The quantitative estimate of drug-likeness (QED) is 0.631. The first-order chi connectivity index (χ1) is 6.83. The Hall–Kier alpha value is -0.0800. The Morgan fingerprint density at radius 2 is 2.00 bits per heavy atom. The number of unbranched alkanes of at least 4 members (excludes halogenated alkanes) is 4. The van der Waals surface area contributed by atoms with E-state index in [4.69, 9.17) is 0 Å². The second kappa shape index (κ2) is 7.24. The van der Waals surface area contributed by atoms with E-state index in [0.29, 0.717) is 0 Å². The number of likely N-dealkylation sites (N-methyl/N-ethyl adjacent to an activating group) is 1. The van der Waals surface area contributed by atoms with Crippen LogP contribution in [-0.2, 0) is 0 Å². The summed E-state index contributed by atoms with van der Waals surface area (Å²) >= 11 is 0. The van der Waals surface area contributed by atoms with Gasteiger partial charge in [-0.15, -0.1) is 0 Å². The van der Waals surface area contributed by atoms with Crippen LogP contribution in [0.5, 0.6) is 0 Å². The predicted molar refractivity (Wildman–Crippen MR) is 62.7 cm³/mol. The lowest BCUT2D eigenvalue weighted by Crippen LogP contribution is -2.32. The Bertz CT molecular complexity index is 136. The lowest BCUT2D eigenvalue weighted by atomic mass is 10.1. The van der Waals surface area contributed by atoms with Crippen LogP contribution >= 0.6 is 0 Å². The number of rotatable bonds is 7. The molecule has 0 radical (unpaired) electrons. The van der Waals surface area contributed by atoms with Gasteiger partial charge in [-0.25, -0.2) is 0 Å². The number of nitrogens with zero attached hydrogens (tertiary/aromatic N) is 1. The van der Waals surface area contributed by atoms with Gasteiger partial charge < -0.3 is 10.2 Å². The Morgan fingerprint density at radius 3 is 2.64 bits per heavy atom. The van der Waals surface area contributed by atoms with Gasteiger partial charge in [-0.05, 0) is 33.0 Å². The van der Waals surface area contributed by atoms with Crippen LogP contribution in [0.25, 0.3) is 0 Å². The Kier molecular flexibility index (Phi) is 6.20. The highest BCUT2D eigenvalue weighted by atomic mass is 15.2. The molecule has 0 aliphatic carbocycles. The van der Waals surface area contributed by atoms with Crippen LogP contribution in [0.2, 0.25) is 0 Å². The average Bonchev–Trinajstić information content (AvgIpc) is 2.58. The SMILES string of the molecule is CCCCCCCN[C@H]1CCN(C)C1. The van der Waals surface area contributed by atoms with Crippen LogP contribution < -0.4 is 5.32 Å². The Balaban J connectivity index is 1.84. The minimum Gasteiger partial charge on any atom is -0.313 e. The topological polar surface area (TPSA) is 15.3 Å². The van der Waals surface area contributed by atoms with Crippen LogP contribution in [0.15, 0.2) is 0 Å². The third kappa shape index (κ3) is 4.97. The maximum absolute atomic E-state index is 3.65. The highest BCUT2D eigenvalue weighted by molar-refractivity contribution is 4.78. The van der Waals surface area contributed by atoms with Gasteiger partial charge in [0.25, 0.3) is 0 Å². The molecule has 1 aliphatic heterocycles. The summed E-state index contributed by atoms with van der Waals surface area (Å²) in [6.45, 7) is 6.01. The molecule has 0 amide bonds. The lowest BCUT2D eigenvalue weighted by molar-refractivity contribution is 0.396. The summed E-state index contributed by atoms with van der Waals surface area (Å²) in [5.41, 5.74) is 0. The van der Waals surface area contributed by atoms with Gasteiger partial charge in [0.2, 0.25) is 0 Å². The maximum atomic E-state index is 3.65. The maximum Gasteiger partial charge on any atom is 0.0207 e. The van der Waals surface area contributed by atoms with Crippen molar-refractivity contribution in [1.82, 2.24) is 10.2 Å². The smallest absolute Gasteiger partial charge is 0.0207 e. The summed E-state index contributed by atoms with van der Waals surface area (Å²) in [4.78, 5) is 2.41. The van der Waals surface area contributed by atoms with Gasteiger partial charge in [0.15, 0.2) is 0 Å². The first-order valence-corrected chi connectivity index (χ1v) is 6.25. The van der Waals surface area contributed by atoms with Crippen molar-refractivity contribution in [3.63, 3.8) is 0 Å². The van der Waals surface area contributed by atoms with Gasteiger partial charge in [-0.3, -0.25) is 0 Å². The summed E-state index contributed by atoms with van der Waals surface area (Å²) in [7, 11) is 2.21. The van der Waals surface area contributed by atoms with Crippen LogP contribution in [0.3, 0.4) is 0 Å². The number of hydrogen-bond acceptors (Lipinski definition) is 2. The molecular weight excluding hydrogens is 172 g/mol. The van der Waals surface area contributed by atoms with Crippen molar-refractivity contribution in [3.8, 4) is 0 Å². The molecule has 2 nitrogen and oxygen atoms in total. The van der Waals surface area contributed by atoms with E-state index in [9.17, 15) is 0 Å². The molecule has 0 unspecified atom stereocenters. The van der Waals surface area contributed by atoms with Crippen molar-refractivity contribution < 1.29 is 0 Å². The normalized spacial score (nSPS) is 23.1. The van der Waals surface area contributed by atoms with Gasteiger partial charge in [0, 0.05) is 12.6 Å². The fourth-order valence-corrected chi connectivity index (χ4v) is 2.14. The molecule has 0 aromatic heterocycles. The molecular formula is C12H26N2. The summed E-state index contributed by atoms with van der Waals surface area (Å²) in [6, 6.07) is 0.770. The first kappa shape index (κ1) is 12.0. The second-order valence-corrected chi connectivity index (χ2v) is 4.62. The van der Waals surface area contributed by atoms with E-state index in [1.165, 1.54) is 58.2 Å². The summed E-state index contributed by atoms with van der Waals surface area (Å²) in [6.07, 6.45) is 8.28. The minimum atomic E-state index is 0.770. The van der Waals surface area contributed by atoms with Crippen LogP contribution in [0.4, 0.5) is 0 Å². The van der Waals surface area contributed by atoms with Crippen LogP contribution in [0, 0.1) is 0 Å². The third-order valence-corrected chi connectivity index (χ3v) is 3.10. The van der Waals surface area contributed by atoms with Crippen LogP contribution in [0.1, 0.15) is 45.4 Å². The summed E-state index contributed by atoms with van der Waals surface area (Å²) < 4.78 is 0. The molecule has 1 fully saturated rings. The molecule has 1 rings (SSSR count). The molecule has 1 atom stereocenters. The van der Waals surface area contributed by atoms with Crippen LogP contribution in [-0.4, -0.2) is 37.6 Å². The van der Waals surface area contributed by atoms with Crippen molar-refractivity contribution in [2.45, 2.75) is 51.5 Å². The third-order valence-electron chi connectivity index (χ3n) is 3.10. The van der Waals surface area contributed by atoms with Gasteiger partial charge in [0.1, 0.15) is 0 Å². The zero-order valence-electron chi connectivity index (χ0n) is 9.89. The van der Waals surface area contributed by atoms with Gasteiger partial charge in [-0.1, -0.05) is 32.6 Å². The molecule has 1 N–H and O–H groups in total. The Labute approximate surface area is 89.1 Å². The van der Waals surface area contributed by atoms with Crippen molar-refractivity contribution in [3.05, 3.63) is 0 Å². The van der Waals surface area contributed by atoms with Gasteiger partial charge in [0.05, 0.1) is 0 Å². The van der Waals surface area contributed by atoms with E-state index in [1.54, 1.807) is 0 Å². The van der Waals surface area contributed by atoms with E-state index >= 15 is 0 Å². The summed E-state index contributed by atoms with van der Waals surface area (Å²) in [5.74, 6) is 0. The number of likely N-dealkylation sites (tertiary alicyclic amines) is 1. The van der Waals surface area contributed by atoms with Gasteiger partial charge >= 0.3 is 0 Å². The van der Waals surface area contributed by atoms with Crippen molar-refractivity contribution >= 4 is 0 Å². The Morgan fingerprint density at radius 1 is 1.21 bits per heavy atom. The van der Waals surface area contributed by atoms with Crippen molar-refractivity contribution in [1.29, 1.82) is 0 Å². The molecule has 1 aliphatic rings. The molecule has 0 spiro atoms. The molecule has 84 valence electrons. The molecule has 0 aromatic rings. The van der Waals surface area contributed by atoms with E-state index in [0.717, 1.165) is 6.04 Å². The molecule has 1 saturated heterocycles. The van der Waals surface area contributed by atoms with E-state index in [-0.39, 0.29) is 0 Å². The minimum absolute atomic E-state index is 0.770. The monoisotopic (exact) mass is 198 g/mol. The molecule has 1 heterocycles. The largest absolute Gasteiger partial charge is 0.313 e. The molecule has 0 aromatic carbocycles. The van der Waals surface area contributed by atoms with E-state index in [2.05, 4.69) is 24.2 Å². The fourth-order valence-electron chi connectivity index (χ4n) is 2.14. The first-order valence-electron chi connectivity index (χ1n) is 6.25. The lowest BCUT2D eigenvalue weighted by Gasteiger charge is -2.12. The summed E-state index contributed by atoms with van der Waals surface area (Å²) in [5, 5.41) is 3.65. The van der Waals surface area contributed by atoms with E-state index in [1.807, 2.05) is 0 Å². The van der Waals surface area contributed by atoms with Crippen molar-refractivity contribution in [2.75, 3.05) is 26.7 Å². The zero-order valence-corrected chi connectivity index (χ0v) is 9.89. The van der Waals surface area contributed by atoms with Gasteiger partial charge in [-0.2, -0.15) is 0 Å². The average molecular weight is 198 g/mol. The highest BCUT2D eigenvalue weighted by Gasteiger charge is 2.17. The standard InChI is InChI=1S/C12H26N2/c1-3-4-5-6-7-9-13-12-8-10-14(2)11-12/h12-13H,3-11H2,1-2H3/t12-/m0/s1.